The van der Waals surface area contributed by atoms with E-state index in [1.165, 1.54) is 0 Å². The fraction of sp³-hybridized carbons (Fsp3) is 0.538. The molecule has 1 unspecified atom stereocenters. The quantitative estimate of drug-likeness (QED) is 0.824. The summed E-state index contributed by atoms with van der Waals surface area (Å²) >= 11 is 0. The standard InChI is InChI=1S/C13H20O2/c1-10(2)13(3,14)9-11-6-5-7-12(8-11)15-4/h5-8,10,14H,9H2,1-4H3. The van der Waals surface area contributed by atoms with Crippen molar-refractivity contribution in [1.29, 1.82) is 0 Å². The van der Waals surface area contributed by atoms with Crippen molar-refractivity contribution in [1.82, 2.24) is 0 Å². The Labute approximate surface area is 91.9 Å². The van der Waals surface area contributed by atoms with Gasteiger partial charge in [0.05, 0.1) is 12.7 Å². The topological polar surface area (TPSA) is 29.5 Å². The maximum Gasteiger partial charge on any atom is 0.119 e. The highest BCUT2D eigenvalue weighted by atomic mass is 16.5. The van der Waals surface area contributed by atoms with Crippen LogP contribution in [0, 0.1) is 5.92 Å². The predicted molar refractivity (Wildman–Crippen MR) is 62.2 cm³/mol. The zero-order valence-electron chi connectivity index (χ0n) is 9.95. The fourth-order valence-electron chi connectivity index (χ4n) is 1.40. The fourth-order valence-corrected chi connectivity index (χ4v) is 1.40. The number of hydrogen-bond acceptors (Lipinski definition) is 2. The third kappa shape index (κ3) is 3.24. The van der Waals surface area contributed by atoms with Gasteiger partial charge in [-0.15, -0.1) is 0 Å². The monoisotopic (exact) mass is 208 g/mol. The van der Waals surface area contributed by atoms with Gasteiger partial charge in [0.25, 0.3) is 0 Å². The summed E-state index contributed by atoms with van der Waals surface area (Å²) in [5, 5.41) is 10.2. The normalized spacial score (nSPS) is 15.1. The van der Waals surface area contributed by atoms with Crippen LogP contribution in [0.5, 0.6) is 5.75 Å². The van der Waals surface area contributed by atoms with E-state index in [0.29, 0.717) is 6.42 Å². The lowest BCUT2D eigenvalue weighted by Crippen LogP contribution is -2.33. The van der Waals surface area contributed by atoms with Gasteiger partial charge in [-0.3, -0.25) is 0 Å². The number of rotatable bonds is 4. The Morgan fingerprint density at radius 1 is 1.40 bits per heavy atom. The van der Waals surface area contributed by atoms with E-state index >= 15 is 0 Å². The van der Waals surface area contributed by atoms with E-state index < -0.39 is 5.60 Å². The van der Waals surface area contributed by atoms with Crippen molar-refractivity contribution in [3.63, 3.8) is 0 Å². The van der Waals surface area contributed by atoms with Crippen LogP contribution in [0.2, 0.25) is 0 Å². The Morgan fingerprint density at radius 2 is 2.07 bits per heavy atom. The summed E-state index contributed by atoms with van der Waals surface area (Å²) in [6, 6.07) is 7.84. The largest absolute Gasteiger partial charge is 0.497 e. The Morgan fingerprint density at radius 3 is 2.60 bits per heavy atom. The summed E-state index contributed by atoms with van der Waals surface area (Å²) in [6.45, 7) is 5.93. The van der Waals surface area contributed by atoms with Crippen molar-refractivity contribution in [3.05, 3.63) is 29.8 Å². The lowest BCUT2D eigenvalue weighted by atomic mass is 9.86. The van der Waals surface area contributed by atoms with Crippen molar-refractivity contribution in [2.24, 2.45) is 5.92 Å². The highest BCUT2D eigenvalue weighted by molar-refractivity contribution is 5.29. The van der Waals surface area contributed by atoms with Gasteiger partial charge in [0.15, 0.2) is 0 Å². The molecule has 1 N–H and O–H groups in total. The Hall–Kier alpha value is -1.02. The molecule has 0 saturated heterocycles. The SMILES string of the molecule is COc1cccc(CC(C)(O)C(C)C)c1. The van der Waals surface area contributed by atoms with E-state index in [4.69, 9.17) is 4.74 Å². The van der Waals surface area contributed by atoms with Gasteiger partial charge < -0.3 is 9.84 Å². The molecular formula is C13H20O2. The lowest BCUT2D eigenvalue weighted by Gasteiger charge is -2.27. The van der Waals surface area contributed by atoms with Crippen LogP contribution < -0.4 is 4.74 Å². The summed E-state index contributed by atoms with van der Waals surface area (Å²) in [6.07, 6.45) is 0.655. The van der Waals surface area contributed by atoms with Crippen LogP contribution >= 0.6 is 0 Å². The number of aliphatic hydroxyl groups is 1. The van der Waals surface area contributed by atoms with Crippen LogP contribution in [0.4, 0.5) is 0 Å². The predicted octanol–water partition coefficient (Wildman–Crippen LogP) is 2.64. The lowest BCUT2D eigenvalue weighted by molar-refractivity contribution is 0.0139. The minimum absolute atomic E-state index is 0.240. The van der Waals surface area contributed by atoms with Crippen LogP contribution in [-0.4, -0.2) is 17.8 Å². The van der Waals surface area contributed by atoms with Gasteiger partial charge >= 0.3 is 0 Å². The van der Waals surface area contributed by atoms with Gasteiger partial charge in [-0.05, 0) is 30.5 Å². The van der Waals surface area contributed by atoms with Crippen LogP contribution in [0.25, 0.3) is 0 Å². The first-order valence-corrected chi connectivity index (χ1v) is 5.31. The number of methoxy groups -OCH3 is 1. The molecule has 1 atom stereocenters. The van der Waals surface area contributed by atoms with E-state index in [0.717, 1.165) is 11.3 Å². The molecule has 2 heteroatoms. The number of hydrogen-bond donors (Lipinski definition) is 1. The first kappa shape index (κ1) is 12.1. The van der Waals surface area contributed by atoms with Gasteiger partial charge in [0, 0.05) is 6.42 Å². The summed E-state index contributed by atoms with van der Waals surface area (Å²) in [5.74, 6) is 1.08. The third-order valence-electron chi connectivity index (χ3n) is 2.94. The van der Waals surface area contributed by atoms with Crippen LogP contribution in [0.3, 0.4) is 0 Å². The number of ether oxygens (including phenoxy) is 1. The van der Waals surface area contributed by atoms with Crippen molar-refractivity contribution in [3.8, 4) is 5.75 Å². The summed E-state index contributed by atoms with van der Waals surface area (Å²) in [4.78, 5) is 0. The van der Waals surface area contributed by atoms with E-state index in [1.54, 1.807) is 7.11 Å². The second kappa shape index (κ2) is 4.67. The van der Waals surface area contributed by atoms with Crippen molar-refractivity contribution >= 4 is 0 Å². The molecule has 0 aliphatic carbocycles. The maximum atomic E-state index is 10.2. The summed E-state index contributed by atoms with van der Waals surface area (Å²) < 4.78 is 5.15. The second-order valence-corrected chi connectivity index (χ2v) is 4.54. The molecule has 2 nitrogen and oxygen atoms in total. The second-order valence-electron chi connectivity index (χ2n) is 4.54. The molecule has 15 heavy (non-hydrogen) atoms. The number of benzene rings is 1. The van der Waals surface area contributed by atoms with Crippen LogP contribution in [0.15, 0.2) is 24.3 Å². The average molecular weight is 208 g/mol. The molecule has 0 aliphatic rings. The Bertz CT molecular complexity index is 316. The zero-order chi connectivity index (χ0) is 11.5. The molecule has 1 aromatic rings. The van der Waals surface area contributed by atoms with Crippen molar-refractivity contribution < 1.29 is 9.84 Å². The molecule has 0 aliphatic heterocycles. The smallest absolute Gasteiger partial charge is 0.119 e. The third-order valence-corrected chi connectivity index (χ3v) is 2.94. The highest BCUT2D eigenvalue weighted by Gasteiger charge is 2.25. The molecule has 0 bridgehead atoms. The molecule has 1 aromatic carbocycles. The molecule has 0 aromatic heterocycles. The summed E-state index contributed by atoms with van der Waals surface area (Å²) in [7, 11) is 1.65. The van der Waals surface area contributed by atoms with Crippen LogP contribution in [-0.2, 0) is 6.42 Å². The Kier molecular flexibility index (Phi) is 3.75. The van der Waals surface area contributed by atoms with Crippen molar-refractivity contribution in [2.45, 2.75) is 32.8 Å². The molecular weight excluding hydrogens is 188 g/mol. The first-order chi connectivity index (χ1) is 6.95. The molecule has 1 rings (SSSR count). The molecule has 0 spiro atoms. The van der Waals surface area contributed by atoms with Gasteiger partial charge in [-0.25, -0.2) is 0 Å². The maximum absolute atomic E-state index is 10.2. The van der Waals surface area contributed by atoms with Gasteiger partial charge in [-0.2, -0.15) is 0 Å². The minimum atomic E-state index is -0.660. The molecule has 84 valence electrons. The van der Waals surface area contributed by atoms with E-state index in [9.17, 15) is 5.11 Å². The average Bonchev–Trinajstić information content (AvgIpc) is 2.17. The van der Waals surface area contributed by atoms with Crippen molar-refractivity contribution in [2.75, 3.05) is 7.11 Å². The van der Waals surface area contributed by atoms with Gasteiger partial charge in [0.1, 0.15) is 5.75 Å². The van der Waals surface area contributed by atoms with E-state index in [-0.39, 0.29) is 5.92 Å². The van der Waals surface area contributed by atoms with Gasteiger partial charge in [-0.1, -0.05) is 26.0 Å². The highest BCUT2D eigenvalue weighted by Crippen LogP contribution is 2.23. The minimum Gasteiger partial charge on any atom is -0.497 e. The molecule has 0 amide bonds. The van der Waals surface area contributed by atoms with Crippen LogP contribution in [0.1, 0.15) is 26.3 Å². The zero-order valence-corrected chi connectivity index (χ0v) is 9.95. The Balaban J connectivity index is 2.80. The molecule has 0 heterocycles. The van der Waals surface area contributed by atoms with Gasteiger partial charge in [0.2, 0.25) is 0 Å². The molecule has 0 saturated carbocycles. The first-order valence-electron chi connectivity index (χ1n) is 5.31. The molecule has 0 radical (unpaired) electrons. The van der Waals surface area contributed by atoms with E-state index in [2.05, 4.69) is 0 Å². The van der Waals surface area contributed by atoms with E-state index in [1.807, 2.05) is 45.0 Å². The molecule has 0 fully saturated rings. The summed E-state index contributed by atoms with van der Waals surface area (Å²) in [5.41, 5.74) is 0.444.